The molecule has 0 spiro atoms. The molecular weight excluding hydrogens is 1730 g/mol. The first-order valence-electron chi connectivity index (χ1n) is 46.9. The largest absolute Gasteiger partial charge is 0.475 e. The van der Waals surface area contributed by atoms with Crippen molar-refractivity contribution in [2.24, 2.45) is 0 Å². The normalized spacial score (nSPS) is 16.7. The van der Waals surface area contributed by atoms with Crippen LogP contribution in [0.5, 0.6) is 0 Å². The fourth-order valence-electron chi connectivity index (χ4n) is 15.0. The molecule has 10 rings (SSSR count). The fraction of sp³-hybridized carbons (Fsp3) is 0.462. The zero-order valence-electron chi connectivity index (χ0n) is 75.9. The molecule has 9 aromatic rings. The number of phosphoric ester groups is 4. The molecule has 0 aromatic heterocycles. The zero-order chi connectivity index (χ0) is 91.1. The highest BCUT2D eigenvalue weighted by molar-refractivity contribution is 7.49. The zero-order valence-corrected chi connectivity index (χ0v) is 79.4. The molecule has 1 aliphatic carbocycles. The van der Waals surface area contributed by atoms with Crippen LogP contribution in [-0.2, 0) is 161 Å². The van der Waals surface area contributed by atoms with Gasteiger partial charge in [0, 0.05) is 12.8 Å². The summed E-state index contributed by atoms with van der Waals surface area (Å²) < 4.78 is 177. The molecule has 22 nitrogen and oxygen atoms in total. The van der Waals surface area contributed by atoms with Gasteiger partial charge in [0.2, 0.25) is 0 Å². The first kappa shape index (κ1) is 104. The van der Waals surface area contributed by atoms with Crippen molar-refractivity contribution in [2.45, 2.75) is 296 Å². The van der Waals surface area contributed by atoms with E-state index in [1.54, 1.807) is 224 Å². The van der Waals surface area contributed by atoms with Gasteiger partial charge in [-0.05, 0) is 62.9 Å². The summed E-state index contributed by atoms with van der Waals surface area (Å²) in [5.74, 6) is -1.16. The summed E-state index contributed by atoms with van der Waals surface area (Å²) in [6.45, 7) is -0.479. The molecule has 1 fully saturated rings. The third kappa shape index (κ3) is 40.6. The highest BCUT2D eigenvalue weighted by Crippen LogP contribution is 2.63. The Hall–Kier alpha value is -7.72. The van der Waals surface area contributed by atoms with E-state index in [4.69, 9.17) is 73.2 Å². The van der Waals surface area contributed by atoms with Gasteiger partial charge >= 0.3 is 43.2 Å². The molecule has 130 heavy (non-hydrogen) atoms. The van der Waals surface area contributed by atoms with Gasteiger partial charge in [0.15, 0.2) is 6.10 Å². The molecule has 0 amide bonds. The quantitative estimate of drug-likeness (QED) is 0.0195. The van der Waals surface area contributed by atoms with Crippen LogP contribution < -0.4 is 0 Å². The molecule has 0 aliphatic heterocycles. The number of carbonyl (C=O) groups excluding carboxylic acids is 2. The maximum absolute atomic E-state index is 17.3. The smallest absolute Gasteiger partial charge is 0.462 e. The van der Waals surface area contributed by atoms with Crippen LogP contribution in [0.2, 0.25) is 0 Å². The number of carbonyl (C=O) groups is 2. The van der Waals surface area contributed by atoms with Crippen molar-refractivity contribution < 1.29 is 101 Å². The van der Waals surface area contributed by atoms with Crippen LogP contribution in [0.4, 0.5) is 0 Å². The summed E-state index contributed by atoms with van der Waals surface area (Å²) in [4.78, 5) is 28.5. The maximum Gasteiger partial charge on any atom is 0.475 e. The molecular formula is C104H136O22P4. The van der Waals surface area contributed by atoms with Crippen molar-refractivity contribution in [3.05, 3.63) is 323 Å². The van der Waals surface area contributed by atoms with Gasteiger partial charge in [0.25, 0.3) is 0 Å². The van der Waals surface area contributed by atoms with Crippen molar-refractivity contribution in [1.29, 1.82) is 0 Å². The van der Waals surface area contributed by atoms with E-state index in [0.717, 1.165) is 57.8 Å². The second-order valence-electron chi connectivity index (χ2n) is 33.0. The van der Waals surface area contributed by atoms with Crippen LogP contribution in [-0.4, -0.2) is 67.9 Å². The van der Waals surface area contributed by atoms with Crippen molar-refractivity contribution >= 4 is 43.2 Å². The third-order valence-electron chi connectivity index (χ3n) is 22.3. The minimum absolute atomic E-state index is 0.0122. The van der Waals surface area contributed by atoms with Crippen molar-refractivity contribution in [3.8, 4) is 0 Å². The van der Waals surface area contributed by atoms with Gasteiger partial charge in [-0.25, -0.2) is 18.3 Å². The summed E-state index contributed by atoms with van der Waals surface area (Å²) in [5, 5.41) is 0. The van der Waals surface area contributed by atoms with Crippen LogP contribution in [0.3, 0.4) is 0 Å². The molecule has 26 heteroatoms. The Balaban J connectivity index is 1.11. The Morgan fingerprint density at radius 2 is 0.423 bits per heavy atom. The molecule has 9 aromatic carbocycles. The van der Waals surface area contributed by atoms with Crippen molar-refractivity contribution in [1.82, 2.24) is 0 Å². The highest BCUT2D eigenvalue weighted by atomic mass is 31.2. The Labute approximate surface area is 771 Å². The number of hydrogen-bond acceptors (Lipinski definition) is 22. The lowest BCUT2D eigenvalue weighted by atomic mass is 9.84. The molecule has 0 heterocycles. The lowest BCUT2D eigenvalue weighted by molar-refractivity contribution is -0.241. The topological polar surface area (TPSA) is 250 Å². The number of benzene rings is 9. The van der Waals surface area contributed by atoms with Gasteiger partial charge in [0.05, 0.1) is 66.1 Å². The van der Waals surface area contributed by atoms with E-state index in [1.165, 1.54) is 96.3 Å². The second-order valence-corrected chi connectivity index (χ2v) is 39.5. The molecule has 0 radical (unpaired) electrons. The Morgan fingerprint density at radius 1 is 0.231 bits per heavy atom. The van der Waals surface area contributed by atoms with E-state index in [0.29, 0.717) is 62.9 Å². The molecule has 8 atom stereocenters. The van der Waals surface area contributed by atoms with Crippen LogP contribution in [0, 0.1) is 0 Å². The average Bonchev–Trinajstić information content (AvgIpc) is 0.739. The third-order valence-corrected chi connectivity index (χ3v) is 27.8. The van der Waals surface area contributed by atoms with E-state index >= 15 is 18.3 Å². The van der Waals surface area contributed by atoms with Crippen LogP contribution in [0.1, 0.15) is 244 Å². The number of unbranched alkanes of at least 4 members (excludes halogenated alkanes) is 24. The van der Waals surface area contributed by atoms with Crippen molar-refractivity contribution in [2.75, 3.05) is 13.2 Å². The average molecular weight is 1860 g/mol. The lowest BCUT2D eigenvalue weighted by Gasteiger charge is -2.50. The van der Waals surface area contributed by atoms with E-state index < -0.39 is 145 Å². The molecule has 3 unspecified atom stereocenters. The number of ether oxygens (including phenoxy) is 4. The van der Waals surface area contributed by atoms with Crippen LogP contribution in [0.15, 0.2) is 273 Å². The SMILES string of the molecule is CCCCCCCCCCCCCCCC(=O)OC[C@@H](COP(=O)(OCc1ccccc1)OC1[C@H](OCc2ccccc2)[C@H](OP(=O)(OCc2ccccc2)OCc2ccccc2)C(OP(=O)(OCc2ccccc2)OCc2ccccc2)[C@H](OP(=O)(OCc2ccccc2)OCc2ccccc2)[C@H]1OCc1ccccc1)OC(=O)CCCCCCCCCCCCCCC. The monoisotopic (exact) mass is 1860 g/mol. The Kier molecular flexibility index (Phi) is 48.6. The number of phosphoric acid groups is 4. The van der Waals surface area contributed by atoms with Crippen LogP contribution in [0.25, 0.3) is 0 Å². The molecule has 1 saturated carbocycles. The predicted octanol–water partition coefficient (Wildman–Crippen LogP) is 28.1. The van der Waals surface area contributed by atoms with E-state index in [1.807, 2.05) is 48.5 Å². The standard InChI is InChI=1S/C104H136O22P4/c1-3-5-7-9-11-13-15-17-19-21-23-25-54-74-97(105)111-85-96(122-98(106)75-55-26-24-22-20-18-16-14-12-10-8-6-4-2)86-121-130(110,120-84-95-72-52-35-53-73-95)123-101-99(112-76-87-56-36-27-37-57-87)102(124-127(107,114-78-89-60-40-29-41-61-89)115-79-90-62-42-30-43-63-90)104(126-129(109,118-82-93-68-48-33-49-69-93)119-83-94-70-50-34-51-71-94)103(100(101)113-77-88-58-38-28-39-59-88)125-128(108,116-80-91-64-44-31-45-65-91)117-81-92-66-46-32-47-67-92/h27-53,56-73,96,99-104H,3-26,54-55,74-86H2,1-2H3/t96-,99-,100-,101?,102-,103+,104?,130?/m0/s1. The number of rotatable bonds is 69. The number of esters is 2. The lowest BCUT2D eigenvalue weighted by Crippen LogP contribution is -2.67. The van der Waals surface area contributed by atoms with Gasteiger partial charge in [-0.2, -0.15) is 0 Å². The van der Waals surface area contributed by atoms with E-state index in [-0.39, 0.29) is 26.1 Å². The molecule has 0 N–H and O–H groups in total. The van der Waals surface area contributed by atoms with Crippen LogP contribution >= 0.6 is 31.3 Å². The Bertz CT molecular complexity index is 4390. The van der Waals surface area contributed by atoms with Gasteiger partial charge in [0.1, 0.15) is 43.2 Å². The molecule has 0 saturated heterocycles. The van der Waals surface area contributed by atoms with E-state index in [2.05, 4.69) is 13.8 Å². The first-order valence-corrected chi connectivity index (χ1v) is 52.7. The van der Waals surface area contributed by atoms with Gasteiger partial charge < -0.3 is 18.9 Å². The summed E-state index contributed by atoms with van der Waals surface area (Å²) in [7, 11) is -21.4. The summed E-state index contributed by atoms with van der Waals surface area (Å²) in [5.41, 5.74) is 4.76. The van der Waals surface area contributed by atoms with Gasteiger partial charge in [-0.15, -0.1) is 0 Å². The summed E-state index contributed by atoms with van der Waals surface area (Å²) >= 11 is 0. The highest BCUT2D eigenvalue weighted by Gasteiger charge is 2.63. The predicted molar refractivity (Wildman–Crippen MR) is 506 cm³/mol. The van der Waals surface area contributed by atoms with E-state index in [9.17, 15) is 9.59 Å². The Morgan fingerprint density at radius 3 is 0.662 bits per heavy atom. The molecule has 704 valence electrons. The first-order chi connectivity index (χ1) is 63.6. The number of hydrogen-bond donors (Lipinski definition) is 0. The minimum atomic E-state index is -5.49. The van der Waals surface area contributed by atoms with Gasteiger partial charge in [-0.1, -0.05) is 441 Å². The molecule has 0 bridgehead atoms. The van der Waals surface area contributed by atoms with Gasteiger partial charge in [-0.3, -0.25) is 63.9 Å². The molecule has 1 aliphatic rings. The fourth-order valence-corrected chi connectivity index (χ4v) is 20.4. The summed E-state index contributed by atoms with van der Waals surface area (Å²) in [6, 6.07) is 79.8. The second kappa shape index (κ2) is 60.5. The summed E-state index contributed by atoms with van der Waals surface area (Å²) in [6.07, 6.45) is 14.8. The minimum Gasteiger partial charge on any atom is -0.462 e. The maximum atomic E-state index is 17.3. The van der Waals surface area contributed by atoms with Crippen molar-refractivity contribution in [3.63, 3.8) is 0 Å².